The molecule has 0 amide bonds. The molecule has 1 aromatic carbocycles. The van der Waals surface area contributed by atoms with E-state index in [1.54, 1.807) is 11.3 Å². The lowest BCUT2D eigenvalue weighted by Gasteiger charge is -2.31. The number of hydrogen-bond acceptors (Lipinski definition) is 7. The zero-order valence-corrected chi connectivity index (χ0v) is 16.9. The molecule has 0 bridgehead atoms. The van der Waals surface area contributed by atoms with Crippen LogP contribution in [0.3, 0.4) is 0 Å². The van der Waals surface area contributed by atoms with E-state index in [-0.39, 0.29) is 0 Å². The number of benzene rings is 1. The number of ether oxygens (including phenoxy) is 1. The third-order valence-corrected chi connectivity index (χ3v) is 6.14. The summed E-state index contributed by atoms with van der Waals surface area (Å²) in [5, 5.41) is 6.66. The molecule has 1 aromatic heterocycles. The van der Waals surface area contributed by atoms with E-state index in [1.807, 2.05) is 0 Å². The van der Waals surface area contributed by atoms with E-state index in [0.29, 0.717) is 0 Å². The van der Waals surface area contributed by atoms with Crippen LogP contribution < -0.4 is 10.2 Å². The van der Waals surface area contributed by atoms with Crippen molar-refractivity contribution in [2.75, 3.05) is 69.7 Å². The molecule has 7 heteroatoms. The first-order valence-corrected chi connectivity index (χ1v) is 10.6. The van der Waals surface area contributed by atoms with Gasteiger partial charge in [-0.25, -0.2) is 4.98 Å². The molecule has 0 atom stereocenters. The maximum absolute atomic E-state index is 5.42. The average molecular weight is 388 g/mol. The lowest BCUT2D eigenvalue weighted by molar-refractivity contribution is 0.122. The fourth-order valence-corrected chi connectivity index (χ4v) is 4.22. The van der Waals surface area contributed by atoms with Gasteiger partial charge in [0.15, 0.2) is 5.13 Å². The number of nitrogens with zero attached hydrogens (tertiary/aromatic N) is 4. The number of piperazine rings is 1. The van der Waals surface area contributed by atoms with Crippen LogP contribution in [0.1, 0.15) is 11.3 Å². The molecule has 2 aromatic rings. The number of thiazole rings is 1. The number of likely N-dealkylation sites (N-methyl/N-ethyl adjacent to an activating group) is 1. The summed E-state index contributed by atoms with van der Waals surface area (Å²) >= 11 is 1.70. The Morgan fingerprint density at radius 3 is 2.52 bits per heavy atom. The van der Waals surface area contributed by atoms with Gasteiger partial charge >= 0.3 is 0 Å². The first-order chi connectivity index (χ1) is 13.3. The number of nitrogens with one attached hydrogen (secondary N) is 1. The standard InChI is InChI=1S/C20H29N5OS/c1-23-6-8-24(9-7-23)15-18-16-27-20(22-18)21-14-17-2-4-19(5-3-17)25-10-12-26-13-11-25/h2-5,16H,6-15H2,1H3,(H,21,22). The van der Waals surface area contributed by atoms with Crippen LogP contribution in [-0.2, 0) is 17.8 Å². The van der Waals surface area contributed by atoms with Gasteiger partial charge in [0.1, 0.15) is 0 Å². The van der Waals surface area contributed by atoms with E-state index in [4.69, 9.17) is 9.72 Å². The molecule has 2 fully saturated rings. The predicted octanol–water partition coefficient (Wildman–Crippen LogP) is 2.34. The van der Waals surface area contributed by atoms with Crippen molar-refractivity contribution >= 4 is 22.2 Å². The van der Waals surface area contributed by atoms with Crippen LogP contribution in [0.2, 0.25) is 0 Å². The largest absolute Gasteiger partial charge is 0.378 e. The van der Waals surface area contributed by atoms with Crippen LogP contribution in [0.5, 0.6) is 0 Å². The summed E-state index contributed by atoms with van der Waals surface area (Å²) in [5.41, 5.74) is 3.74. The van der Waals surface area contributed by atoms with Gasteiger partial charge in [0.25, 0.3) is 0 Å². The number of aromatic nitrogens is 1. The highest BCUT2D eigenvalue weighted by Crippen LogP contribution is 2.20. The molecule has 1 N–H and O–H groups in total. The lowest BCUT2D eigenvalue weighted by atomic mass is 10.2. The second kappa shape index (κ2) is 9.01. The van der Waals surface area contributed by atoms with Crippen LogP contribution in [-0.4, -0.2) is 74.3 Å². The van der Waals surface area contributed by atoms with Crippen molar-refractivity contribution in [3.05, 3.63) is 40.9 Å². The van der Waals surface area contributed by atoms with Gasteiger partial charge < -0.3 is 19.9 Å². The van der Waals surface area contributed by atoms with Crippen LogP contribution >= 0.6 is 11.3 Å². The van der Waals surface area contributed by atoms with Crippen molar-refractivity contribution in [1.82, 2.24) is 14.8 Å². The van der Waals surface area contributed by atoms with Crippen molar-refractivity contribution < 1.29 is 4.74 Å². The van der Waals surface area contributed by atoms with Crippen molar-refractivity contribution in [2.24, 2.45) is 0 Å². The Hall–Kier alpha value is -1.67. The topological polar surface area (TPSA) is 43.9 Å². The minimum Gasteiger partial charge on any atom is -0.378 e. The first-order valence-electron chi connectivity index (χ1n) is 9.77. The second-order valence-corrected chi connectivity index (χ2v) is 8.20. The highest BCUT2D eigenvalue weighted by Gasteiger charge is 2.15. The van der Waals surface area contributed by atoms with E-state index in [2.05, 4.69) is 56.7 Å². The van der Waals surface area contributed by atoms with Gasteiger partial charge in [-0.2, -0.15) is 0 Å². The Morgan fingerprint density at radius 2 is 1.78 bits per heavy atom. The second-order valence-electron chi connectivity index (χ2n) is 7.34. The van der Waals surface area contributed by atoms with Crippen LogP contribution in [0.25, 0.3) is 0 Å². The molecule has 0 unspecified atom stereocenters. The molecular formula is C20H29N5OS. The molecule has 0 radical (unpaired) electrons. The zero-order chi connectivity index (χ0) is 18.5. The van der Waals surface area contributed by atoms with Gasteiger partial charge in [-0.1, -0.05) is 12.1 Å². The van der Waals surface area contributed by atoms with E-state index in [9.17, 15) is 0 Å². The lowest BCUT2D eigenvalue weighted by Crippen LogP contribution is -2.43. The van der Waals surface area contributed by atoms with Gasteiger partial charge in [-0.3, -0.25) is 4.90 Å². The SMILES string of the molecule is CN1CCN(Cc2csc(NCc3ccc(N4CCOCC4)cc3)n2)CC1. The van der Waals surface area contributed by atoms with Crippen LogP contribution in [0.4, 0.5) is 10.8 Å². The smallest absolute Gasteiger partial charge is 0.183 e. The van der Waals surface area contributed by atoms with Crippen LogP contribution in [0, 0.1) is 0 Å². The van der Waals surface area contributed by atoms with Gasteiger partial charge in [0, 0.05) is 63.4 Å². The Balaban J connectivity index is 1.26. The Labute approximate surface area is 165 Å². The van der Waals surface area contributed by atoms with Crippen molar-refractivity contribution in [3.8, 4) is 0 Å². The number of hydrogen-bond donors (Lipinski definition) is 1. The van der Waals surface area contributed by atoms with Crippen molar-refractivity contribution in [3.63, 3.8) is 0 Å². The third-order valence-electron chi connectivity index (χ3n) is 5.29. The average Bonchev–Trinajstić information content (AvgIpc) is 3.17. The van der Waals surface area contributed by atoms with Gasteiger partial charge in [0.05, 0.1) is 18.9 Å². The molecule has 0 spiro atoms. The third kappa shape index (κ3) is 5.19. The molecule has 6 nitrogen and oxygen atoms in total. The van der Waals surface area contributed by atoms with E-state index < -0.39 is 0 Å². The van der Waals surface area contributed by atoms with Gasteiger partial charge in [-0.15, -0.1) is 11.3 Å². The molecular weight excluding hydrogens is 358 g/mol. The summed E-state index contributed by atoms with van der Waals surface area (Å²) in [7, 11) is 2.19. The van der Waals surface area contributed by atoms with E-state index in [1.165, 1.54) is 16.9 Å². The quantitative estimate of drug-likeness (QED) is 0.821. The minimum absolute atomic E-state index is 0.810. The summed E-state index contributed by atoms with van der Waals surface area (Å²) in [4.78, 5) is 12.0. The summed E-state index contributed by atoms with van der Waals surface area (Å²) < 4.78 is 5.42. The van der Waals surface area contributed by atoms with Crippen molar-refractivity contribution in [2.45, 2.75) is 13.1 Å². The molecule has 0 aliphatic carbocycles. The maximum Gasteiger partial charge on any atom is 0.183 e. The van der Waals surface area contributed by atoms with Crippen molar-refractivity contribution in [1.29, 1.82) is 0 Å². The number of anilines is 2. The summed E-state index contributed by atoms with van der Waals surface area (Å²) in [5.74, 6) is 0. The molecule has 2 saturated heterocycles. The monoisotopic (exact) mass is 387 g/mol. The highest BCUT2D eigenvalue weighted by atomic mass is 32.1. The highest BCUT2D eigenvalue weighted by molar-refractivity contribution is 7.13. The maximum atomic E-state index is 5.42. The molecule has 3 heterocycles. The number of morpholine rings is 1. The van der Waals surface area contributed by atoms with E-state index in [0.717, 1.165) is 70.7 Å². The fourth-order valence-electron chi connectivity index (χ4n) is 3.52. The van der Waals surface area contributed by atoms with Gasteiger partial charge in [-0.05, 0) is 24.7 Å². The normalized spacial score (nSPS) is 19.4. The molecule has 2 aliphatic heterocycles. The fraction of sp³-hybridized carbons (Fsp3) is 0.550. The minimum atomic E-state index is 0.810. The van der Waals surface area contributed by atoms with Gasteiger partial charge in [0.2, 0.25) is 0 Å². The zero-order valence-electron chi connectivity index (χ0n) is 16.1. The number of rotatable bonds is 6. The molecule has 27 heavy (non-hydrogen) atoms. The molecule has 2 aliphatic rings. The van der Waals surface area contributed by atoms with Crippen LogP contribution in [0.15, 0.2) is 29.6 Å². The Bertz CT molecular complexity index is 705. The summed E-state index contributed by atoms with van der Waals surface area (Å²) in [6.45, 7) is 9.93. The van der Waals surface area contributed by atoms with E-state index >= 15 is 0 Å². The molecule has 146 valence electrons. The summed E-state index contributed by atoms with van der Waals surface area (Å²) in [6.07, 6.45) is 0. The first kappa shape index (κ1) is 18.7. The summed E-state index contributed by atoms with van der Waals surface area (Å²) in [6, 6.07) is 8.83. The predicted molar refractivity (Wildman–Crippen MR) is 112 cm³/mol. The Morgan fingerprint density at radius 1 is 1.04 bits per heavy atom. The molecule has 0 saturated carbocycles. The Kier molecular flexibility index (Phi) is 6.24. The molecule has 4 rings (SSSR count).